The Labute approximate surface area is 310 Å². The van der Waals surface area contributed by atoms with E-state index in [4.69, 9.17) is 54.2 Å². The van der Waals surface area contributed by atoms with Crippen molar-refractivity contribution in [3.8, 4) is 23.8 Å². The van der Waals surface area contributed by atoms with Crippen LogP contribution in [0.3, 0.4) is 0 Å². The second kappa shape index (κ2) is 17.8. The lowest BCUT2D eigenvalue weighted by Gasteiger charge is -2.32. The van der Waals surface area contributed by atoms with Gasteiger partial charge in [-0.15, -0.1) is 12.3 Å². The first-order valence-corrected chi connectivity index (χ1v) is 17.7. The van der Waals surface area contributed by atoms with Crippen LogP contribution >= 0.6 is 23.2 Å². The maximum atomic E-state index is 15.1. The molecule has 4 rings (SSSR count). The Kier molecular flexibility index (Phi) is 13.8. The van der Waals surface area contributed by atoms with E-state index < -0.39 is 5.82 Å². The van der Waals surface area contributed by atoms with E-state index in [1.54, 1.807) is 20.1 Å². The second-order valence-corrected chi connectivity index (χ2v) is 13.5. The first kappa shape index (κ1) is 39.6. The number of carbonyl (C=O) groups excluding carboxylic acids is 1. The molecule has 0 fully saturated rings. The number of ketones is 1. The van der Waals surface area contributed by atoms with Crippen LogP contribution in [-0.4, -0.2) is 67.4 Å². The highest BCUT2D eigenvalue weighted by Crippen LogP contribution is 2.42. The number of aliphatic imine (C=N–C) groups is 2. The fraction of sp³-hybridized carbons (Fsp3) is 0.400. The summed E-state index contributed by atoms with van der Waals surface area (Å²) in [7, 11) is 1.64. The third kappa shape index (κ3) is 9.17. The molecule has 2 aliphatic rings. The van der Waals surface area contributed by atoms with Crippen molar-refractivity contribution >= 4 is 46.7 Å². The van der Waals surface area contributed by atoms with Crippen LogP contribution in [-0.2, 0) is 14.3 Å². The summed E-state index contributed by atoms with van der Waals surface area (Å²) >= 11 is 13.4. The minimum Gasteiger partial charge on any atom is -0.472 e. The largest absolute Gasteiger partial charge is 0.472 e. The third-order valence-electron chi connectivity index (χ3n) is 9.15. The monoisotopic (exact) mass is 734 g/mol. The van der Waals surface area contributed by atoms with Crippen molar-refractivity contribution < 1.29 is 23.4 Å². The molecule has 0 amide bonds. The van der Waals surface area contributed by atoms with Crippen LogP contribution in [0, 0.1) is 43.3 Å². The van der Waals surface area contributed by atoms with Gasteiger partial charge in [-0.05, 0) is 57.9 Å². The summed E-state index contributed by atoms with van der Waals surface area (Å²) in [5.74, 6) is 2.73. The van der Waals surface area contributed by atoms with Gasteiger partial charge in [0.1, 0.15) is 28.5 Å². The Balaban J connectivity index is 1.84. The number of methoxy groups -OCH3 is 1. The van der Waals surface area contributed by atoms with Gasteiger partial charge in [0.25, 0.3) is 0 Å². The SMILES string of the molecule is C#CCC1=CC[C@@H](OC(=C)N=C(c2cc(Cl)c(C)c(Oc3c(Cl)c(F)cc4c3C=NCC4=N)c2C)N(CCC)CCC(C)C(=O)C=C)C(OC)C1. The van der Waals surface area contributed by atoms with Crippen LogP contribution in [0.2, 0.25) is 10.0 Å². The zero-order valence-corrected chi connectivity index (χ0v) is 31.4. The summed E-state index contributed by atoms with van der Waals surface area (Å²) in [5, 5.41) is 8.48. The van der Waals surface area contributed by atoms with E-state index >= 15 is 4.39 Å². The zero-order chi connectivity index (χ0) is 37.4. The summed E-state index contributed by atoms with van der Waals surface area (Å²) in [6.07, 6.45) is 13.0. The highest BCUT2D eigenvalue weighted by Gasteiger charge is 2.30. The number of halogens is 3. The number of nitrogens with one attached hydrogen (secondary N) is 1. The molecule has 0 saturated heterocycles. The fourth-order valence-corrected chi connectivity index (χ4v) is 6.59. The van der Waals surface area contributed by atoms with Crippen LogP contribution in [0.15, 0.2) is 58.9 Å². The number of rotatable bonds is 15. The lowest BCUT2D eigenvalue weighted by molar-refractivity contribution is -0.117. The van der Waals surface area contributed by atoms with Crippen molar-refractivity contribution in [2.24, 2.45) is 15.9 Å². The van der Waals surface area contributed by atoms with E-state index in [2.05, 4.69) is 42.0 Å². The molecule has 11 heteroatoms. The molecule has 3 atom stereocenters. The van der Waals surface area contributed by atoms with Crippen LogP contribution < -0.4 is 4.74 Å². The standard InChI is InChI=1S/C40H45Cl2FN4O4/c1-9-12-27-13-14-35(36(18-27)49-8)50-26(7)46-40(47(16-10-2)17-15-23(4)34(48)11-3)28-19-31(41)25(6)38(24(28)5)51-39-30-21-45-22-33(44)29(30)20-32(43)37(39)42/h1,11,13,19-21,23,35-36,44H,3,7,10,12,14-18,22H2,2,4-6,8H3/t23?,35-,36?/m1/s1. The Morgan fingerprint density at radius 2 is 2.00 bits per heavy atom. The molecule has 1 N–H and O–H groups in total. The molecule has 2 aromatic carbocycles. The maximum absolute atomic E-state index is 15.1. The van der Waals surface area contributed by atoms with Gasteiger partial charge < -0.3 is 24.5 Å². The van der Waals surface area contributed by atoms with Crippen LogP contribution in [0.5, 0.6) is 11.5 Å². The van der Waals surface area contributed by atoms with Crippen molar-refractivity contribution in [2.75, 3.05) is 26.7 Å². The summed E-state index contributed by atoms with van der Waals surface area (Å²) in [6, 6.07) is 3.03. The number of ether oxygens (including phenoxy) is 3. The van der Waals surface area contributed by atoms with Gasteiger partial charge in [0, 0.05) is 78.0 Å². The molecule has 51 heavy (non-hydrogen) atoms. The van der Waals surface area contributed by atoms with Gasteiger partial charge >= 0.3 is 0 Å². The number of hydrogen-bond acceptors (Lipinski definition) is 7. The molecule has 0 bridgehead atoms. The highest BCUT2D eigenvalue weighted by atomic mass is 35.5. The van der Waals surface area contributed by atoms with Crippen molar-refractivity contribution in [1.29, 1.82) is 5.41 Å². The highest BCUT2D eigenvalue weighted by molar-refractivity contribution is 6.33. The average molecular weight is 736 g/mol. The van der Waals surface area contributed by atoms with E-state index in [1.165, 1.54) is 18.4 Å². The number of terminal acetylenes is 1. The molecule has 0 spiro atoms. The number of nitrogens with zero attached hydrogens (tertiary/aromatic N) is 3. The summed E-state index contributed by atoms with van der Waals surface area (Å²) in [4.78, 5) is 23.8. The number of carbonyl (C=O) groups is 1. The Morgan fingerprint density at radius 3 is 2.67 bits per heavy atom. The predicted molar refractivity (Wildman–Crippen MR) is 205 cm³/mol. The molecule has 0 radical (unpaired) electrons. The minimum absolute atomic E-state index is 0.0351. The molecule has 0 aromatic heterocycles. The van der Waals surface area contributed by atoms with Gasteiger partial charge in [-0.25, -0.2) is 4.39 Å². The van der Waals surface area contributed by atoms with E-state index in [1.807, 2.05) is 13.8 Å². The average Bonchev–Trinajstić information content (AvgIpc) is 3.11. The lowest BCUT2D eigenvalue weighted by Crippen LogP contribution is -2.36. The van der Waals surface area contributed by atoms with Crippen LogP contribution in [0.1, 0.15) is 73.8 Å². The Hall–Kier alpha value is -4.23. The quantitative estimate of drug-likeness (QED) is 0.0492. The summed E-state index contributed by atoms with van der Waals surface area (Å²) in [5.41, 5.74) is 3.88. The normalized spacial score (nSPS) is 17.6. The molecule has 270 valence electrons. The number of fused-ring (bicyclic) bond motifs is 1. The Bertz CT molecular complexity index is 1840. The van der Waals surface area contributed by atoms with Crippen LogP contribution in [0.25, 0.3) is 0 Å². The molecule has 8 nitrogen and oxygen atoms in total. The van der Waals surface area contributed by atoms with Crippen molar-refractivity contribution in [3.05, 3.63) is 92.6 Å². The molecule has 2 unspecified atom stereocenters. The van der Waals surface area contributed by atoms with Crippen molar-refractivity contribution in [2.45, 2.75) is 72.0 Å². The second-order valence-electron chi connectivity index (χ2n) is 12.7. The summed E-state index contributed by atoms with van der Waals surface area (Å²) in [6.45, 7) is 16.6. The molecule has 2 aromatic rings. The minimum atomic E-state index is -0.714. The van der Waals surface area contributed by atoms with E-state index in [0.29, 0.717) is 83.2 Å². The van der Waals surface area contributed by atoms with E-state index in [-0.39, 0.29) is 52.8 Å². The summed E-state index contributed by atoms with van der Waals surface area (Å²) < 4.78 is 33.7. The number of amidine groups is 1. The smallest absolute Gasteiger partial charge is 0.208 e. The molecular weight excluding hydrogens is 690 g/mol. The maximum Gasteiger partial charge on any atom is 0.208 e. The topological polar surface area (TPSA) is 96.6 Å². The molecule has 1 heterocycles. The third-order valence-corrected chi connectivity index (χ3v) is 9.89. The number of hydrogen-bond donors (Lipinski definition) is 1. The predicted octanol–water partition coefficient (Wildman–Crippen LogP) is 9.20. The first-order chi connectivity index (χ1) is 24.3. The molecule has 0 saturated carbocycles. The lowest BCUT2D eigenvalue weighted by atomic mass is 9.92. The first-order valence-electron chi connectivity index (χ1n) is 16.9. The van der Waals surface area contributed by atoms with Gasteiger partial charge in [0.05, 0.1) is 18.4 Å². The van der Waals surface area contributed by atoms with Gasteiger partial charge in [-0.1, -0.05) is 55.3 Å². The fourth-order valence-electron chi connectivity index (χ4n) is 6.20. The molecule has 1 aliphatic heterocycles. The van der Waals surface area contributed by atoms with Gasteiger partial charge in [-0.3, -0.25) is 9.79 Å². The zero-order valence-electron chi connectivity index (χ0n) is 29.9. The number of allylic oxidation sites excluding steroid dienone is 1. The van der Waals surface area contributed by atoms with Crippen molar-refractivity contribution in [1.82, 2.24) is 4.90 Å². The van der Waals surface area contributed by atoms with Gasteiger partial charge in [0.15, 0.2) is 11.5 Å². The van der Waals surface area contributed by atoms with Crippen LogP contribution in [0.4, 0.5) is 4.39 Å². The van der Waals surface area contributed by atoms with E-state index in [9.17, 15) is 4.79 Å². The van der Waals surface area contributed by atoms with E-state index in [0.717, 1.165) is 12.0 Å². The van der Waals surface area contributed by atoms with Gasteiger partial charge in [0.2, 0.25) is 5.88 Å². The molecule has 1 aliphatic carbocycles. The van der Waals surface area contributed by atoms with Crippen molar-refractivity contribution in [3.63, 3.8) is 0 Å². The number of benzene rings is 2. The van der Waals surface area contributed by atoms with Gasteiger partial charge in [-0.2, -0.15) is 4.99 Å². The Morgan fingerprint density at radius 1 is 1.25 bits per heavy atom. The molecular formula is C40H45Cl2FN4O4.